The number of benzene rings is 1. The second-order valence-electron chi connectivity index (χ2n) is 4.81. The molecule has 0 fully saturated rings. The van der Waals surface area contributed by atoms with Crippen molar-refractivity contribution in [3.63, 3.8) is 0 Å². The zero-order valence-electron chi connectivity index (χ0n) is 11.8. The van der Waals surface area contributed by atoms with Gasteiger partial charge in [-0.05, 0) is 19.1 Å². The van der Waals surface area contributed by atoms with Gasteiger partial charge in [-0.2, -0.15) is 5.10 Å². The van der Waals surface area contributed by atoms with Crippen LogP contribution in [0.5, 0.6) is 0 Å². The highest BCUT2D eigenvalue weighted by Crippen LogP contribution is 2.28. The Labute approximate surface area is 125 Å². The first-order chi connectivity index (χ1) is 10.1. The van der Waals surface area contributed by atoms with E-state index in [0.29, 0.717) is 16.1 Å². The molecule has 1 aromatic carbocycles. The van der Waals surface area contributed by atoms with Crippen LogP contribution in [0.2, 0.25) is 0 Å². The fourth-order valence-electron chi connectivity index (χ4n) is 2.28. The molecule has 0 aliphatic carbocycles. The zero-order chi connectivity index (χ0) is 15.0. The molecule has 2 N–H and O–H groups in total. The lowest BCUT2D eigenvalue weighted by Gasteiger charge is -2.07. The summed E-state index contributed by atoms with van der Waals surface area (Å²) < 4.78 is 1.79. The maximum atomic E-state index is 12.4. The number of aromatic nitrogens is 2. The molecule has 0 aliphatic rings. The molecular weight excluding hydrogens is 286 g/mol. The van der Waals surface area contributed by atoms with Crippen molar-refractivity contribution in [1.82, 2.24) is 9.78 Å². The van der Waals surface area contributed by atoms with E-state index in [9.17, 15) is 9.90 Å². The van der Waals surface area contributed by atoms with Crippen molar-refractivity contribution in [3.8, 4) is 0 Å². The third-order valence-electron chi connectivity index (χ3n) is 3.36. The van der Waals surface area contributed by atoms with Crippen LogP contribution in [0.4, 0.5) is 5.69 Å². The number of carbonyl (C=O) groups excluding carboxylic acids is 1. The van der Waals surface area contributed by atoms with Crippen LogP contribution in [0.1, 0.15) is 20.9 Å². The van der Waals surface area contributed by atoms with Gasteiger partial charge >= 0.3 is 0 Å². The first kappa shape index (κ1) is 13.8. The Morgan fingerprint density at radius 3 is 2.90 bits per heavy atom. The summed E-state index contributed by atoms with van der Waals surface area (Å²) in [7, 11) is 1.87. The monoisotopic (exact) mass is 301 g/mol. The molecule has 21 heavy (non-hydrogen) atoms. The maximum absolute atomic E-state index is 12.4. The molecule has 0 bridgehead atoms. The number of amides is 1. The summed E-state index contributed by atoms with van der Waals surface area (Å²) in [6, 6.07) is 9.08. The third kappa shape index (κ3) is 2.43. The predicted octanol–water partition coefficient (Wildman–Crippen LogP) is 2.69. The summed E-state index contributed by atoms with van der Waals surface area (Å²) in [5.74, 6) is -0.170. The largest absolute Gasteiger partial charge is 0.392 e. The molecule has 5 nitrogen and oxygen atoms in total. The molecule has 0 saturated carbocycles. The number of nitrogens with zero attached hydrogens (tertiary/aromatic N) is 2. The van der Waals surface area contributed by atoms with E-state index >= 15 is 0 Å². The van der Waals surface area contributed by atoms with E-state index in [1.54, 1.807) is 16.8 Å². The summed E-state index contributed by atoms with van der Waals surface area (Å²) in [5.41, 5.74) is 2.25. The molecule has 1 amide bonds. The van der Waals surface area contributed by atoms with Gasteiger partial charge in [-0.1, -0.05) is 18.2 Å². The van der Waals surface area contributed by atoms with Gasteiger partial charge < -0.3 is 10.4 Å². The highest BCUT2D eigenvalue weighted by Gasteiger charge is 2.15. The van der Waals surface area contributed by atoms with Crippen LogP contribution in [0.3, 0.4) is 0 Å². The molecule has 6 heteroatoms. The van der Waals surface area contributed by atoms with Gasteiger partial charge in [0.05, 0.1) is 17.2 Å². The minimum atomic E-state index is -0.170. The number of thiophene rings is 1. The van der Waals surface area contributed by atoms with Crippen LogP contribution in [0.15, 0.2) is 30.3 Å². The Morgan fingerprint density at radius 2 is 2.19 bits per heavy atom. The predicted molar refractivity (Wildman–Crippen MR) is 83.6 cm³/mol. The van der Waals surface area contributed by atoms with Crippen molar-refractivity contribution >= 4 is 33.1 Å². The average molecular weight is 301 g/mol. The maximum Gasteiger partial charge on any atom is 0.265 e. The first-order valence-electron chi connectivity index (χ1n) is 6.53. The molecule has 2 heterocycles. The van der Waals surface area contributed by atoms with E-state index in [1.165, 1.54) is 11.3 Å². The van der Waals surface area contributed by atoms with Crippen LogP contribution >= 0.6 is 11.3 Å². The molecule has 0 aliphatic heterocycles. The van der Waals surface area contributed by atoms with Gasteiger partial charge in [-0.3, -0.25) is 9.48 Å². The molecule has 3 rings (SSSR count). The minimum Gasteiger partial charge on any atom is -0.392 e. The summed E-state index contributed by atoms with van der Waals surface area (Å²) in [6.07, 6.45) is 0. The number of hydrogen-bond acceptors (Lipinski definition) is 4. The van der Waals surface area contributed by atoms with Crippen LogP contribution in [-0.4, -0.2) is 20.8 Å². The Bertz CT molecular complexity index is 785. The van der Waals surface area contributed by atoms with Crippen LogP contribution in [0.25, 0.3) is 10.2 Å². The number of fused-ring (bicyclic) bond motifs is 1. The Hall–Kier alpha value is -2.18. The Kier molecular flexibility index (Phi) is 3.48. The number of anilines is 1. The first-order valence-corrected chi connectivity index (χ1v) is 7.35. The number of aryl methyl sites for hydroxylation is 2. The molecule has 0 radical (unpaired) electrons. The number of nitrogens with one attached hydrogen (secondary N) is 1. The van der Waals surface area contributed by atoms with Crippen molar-refractivity contribution < 1.29 is 9.90 Å². The minimum absolute atomic E-state index is 0.105. The fourth-order valence-corrected chi connectivity index (χ4v) is 3.30. The smallest absolute Gasteiger partial charge is 0.265 e. The van der Waals surface area contributed by atoms with Gasteiger partial charge in [0.25, 0.3) is 5.91 Å². The van der Waals surface area contributed by atoms with Crippen LogP contribution in [0, 0.1) is 6.92 Å². The summed E-state index contributed by atoms with van der Waals surface area (Å²) in [5, 5.41) is 17.5. The van der Waals surface area contributed by atoms with Gasteiger partial charge in [-0.15, -0.1) is 11.3 Å². The Balaban J connectivity index is 1.92. The number of carbonyl (C=O) groups is 1. The van der Waals surface area contributed by atoms with Crippen LogP contribution < -0.4 is 5.32 Å². The number of rotatable bonds is 3. The molecule has 3 aromatic rings. The topological polar surface area (TPSA) is 67.2 Å². The molecule has 108 valence electrons. The van der Waals surface area contributed by atoms with E-state index in [0.717, 1.165) is 15.9 Å². The molecule has 0 spiro atoms. The normalized spacial score (nSPS) is 11.0. The van der Waals surface area contributed by atoms with E-state index in [1.807, 2.05) is 32.2 Å². The second-order valence-corrected chi connectivity index (χ2v) is 5.84. The van der Waals surface area contributed by atoms with E-state index in [4.69, 9.17) is 0 Å². The molecule has 0 atom stereocenters. The van der Waals surface area contributed by atoms with Crippen molar-refractivity contribution in [3.05, 3.63) is 46.5 Å². The van der Waals surface area contributed by atoms with E-state index < -0.39 is 0 Å². The van der Waals surface area contributed by atoms with E-state index in [2.05, 4.69) is 10.4 Å². The molecule has 2 aromatic heterocycles. The number of para-hydroxylation sites is 1. The van der Waals surface area contributed by atoms with Gasteiger partial charge in [-0.25, -0.2) is 0 Å². The van der Waals surface area contributed by atoms with E-state index in [-0.39, 0.29) is 12.5 Å². The van der Waals surface area contributed by atoms with Crippen molar-refractivity contribution in [2.24, 2.45) is 7.05 Å². The lowest BCUT2D eigenvalue weighted by Crippen LogP contribution is -2.11. The molecule has 0 saturated heterocycles. The van der Waals surface area contributed by atoms with Crippen molar-refractivity contribution in [1.29, 1.82) is 0 Å². The third-order valence-corrected chi connectivity index (χ3v) is 4.56. The van der Waals surface area contributed by atoms with Crippen LogP contribution in [-0.2, 0) is 13.7 Å². The molecular formula is C15H15N3O2S. The number of aliphatic hydroxyl groups is 1. The lowest BCUT2D eigenvalue weighted by atomic mass is 10.2. The second kappa shape index (κ2) is 5.31. The number of hydrogen-bond donors (Lipinski definition) is 2. The van der Waals surface area contributed by atoms with Gasteiger partial charge in [0, 0.05) is 23.7 Å². The highest BCUT2D eigenvalue weighted by atomic mass is 32.1. The van der Waals surface area contributed by atoms with Gasteiger partial charge in [0.1, 0.15) is 4.83 Å². The summed E-state index contributed by atoms with van der Waals surface area (Å²) in [6.45, 7) is 1.82. The SMILES string of the molecule is Cc1nn(C)c2sc(C(=O)Nc3ccccc3CO)cc12. The fraction of sp³-hybridized carbons (Fsp3) is 0.200. The Morgan fingerprint density at radius 1 is 1.43 bits per heavy atom. The van der Waals surface area contributed by atoms with Gasteiger partial charge in [0.15, 0.2) is 0 Å². The highest BCUT2D eigenvalue weighted by molar-refractivity contribution is 7.20. The summed E-state index contributed by atoms with van der Waals surface area (Å²) in [4.78, 5) is 14.0. The number of aliphatic hydroxyl groups excluding tert-OH is 1. The quantitative estimate of drug-likeness (QED) is 0.781. The molecule has 0 unspecified atom stereocenters. The standard InChI is InChI=1S/C15H15N3O2S/c1-9-11-7-13(21-15(11)18(2)17-9)14(20)16-12-6-4-3-5-10(12)8-19/h3-7,19H,8H2,1-2H3,(H,16,20). The lowest BCUT2D eigenvalue weighted by molar-refractivity contribution is 0.103. The van der Waals surface area contributed by atoms with Crippen molar-refractivity contribution in [2.75, 3.05) is 5.32 Å². The zero-order valence-corrected chi connectivity index (χ0v) is 12.6. The van der Waals surface area contributed by atoms with Crippen molar-refractivity contribution in [2.45, 2.75) is 13.5 Å². The average Bonchev–Trinajstić information content (AvgIpc) is 3.02. The summed E-state index contributed by atoms with van der Waals surface area (Å²) >= 11 is 1.41. The van der Waals surface area contributed by atoms with Gasteiger partial charge in [0.2, 0.25) is 0 Å².